The molecule has 1 aromatic carbocycles. The highest BCUT2D eigenvalue weighted by Gasteiger charge is 2.18. The number of hydrogen-bond donors (Lipinski definition) is 1. The maximum absolute atomic E-state index is 12.3. The van der Waals surface area contributed by atoms with Crippen LogP contribution in [0.4, 0.5) is 0 Å². The fraction of sp³-hybridized carbons (Fsp3) is 0.389. The van der Waals surface area contributed by atoms with E-state index in [0.717, 1.165) is 18.5 Å². The molecule has 7 nitrogen and oxygen atoms in total. The molecule has 7 heteroatoms. The van der Waals surface area contributed by atoms with Gasteiger partial charge in [0.1, 0.15) is 0 Å². The van der Waals surface area contributed by atoms with Crippen molar-refractivity contribution in [2.24, 2.45) is 5.73 Å². The van der Waals surface area contributed by atoms with Crippen LogP contribution < -0.4 is 5.73 Å². The Morgan fingerprint density at radius 2 is 1.84 bits per heavy atom. The Hall–Kier alpha value is -2.67. The minimum absolute atomic E-state index is 0.0713. The van der Waals surface area contributed by atoms with Gasteiger partial charge in [0.05, 0.1) is 19.2 Å². The van der Waals surface area contributed by atoms with Crippen molar-refractivity contribution in [2.45, 2.75) is 6.42 Å². The lowest BCUT2D eigenvalue weighted by atomic mass is 10.1. The first-order valence-corrected chi connectivity index (χ1v) is 8.15. The number of amides is 2. The molecule has 0 atom stereocenters. The maximum atomic E-state index is 12.3. The van der Waals surface area contributed by atoms with Crippen molar-refractivity contribution in [1.82, 2.24) is 9.80 Å². The number of rotatable bonds is 5. The number of esters is 1. The van der Waals surface area contributed by atoms with E-state index < -0.39 is 5.97 Å². The van der Waals surface area contributed by atoms with E-state index in [2.05, 4.69) is 4.74 Å². The second-order valence-electron chi connectivity index (χ2n) is 5.87. The number of nitrogens with two attached hydrogens (primary N) is 1. The summed E-state index contributed by atoms with van der Waals surface area (Å²) in [6.45, 7) is 2.84. The van der Waals surface area contributed by atoms with Crippen molar-refractivity contribution in [3.63, 3.8) is 0 Å². The summed E-state index contributed by atoms with van der Waals surface area (Å²) in [7, 11) is 1.33. The van der Waals surface area contributed by atoms with Gasteiger partial charge in [0, 0.05) is 32.3 Å². The van der Waals surface area contributed by atoms with E-state index in [0.29, 0.717) is 25.2 Å². The fourth-order valence-electron chi connectivity index (χ4n) is 2.69. The van der Waals surface area contributed by atoms with Crippen LogP contribution in [0.25, 0.3) is 6.08 Å². The summed E-state index contributed by atoms with van der Waals surface area (Å²) in [5, 5.41) is 0. The highest BCUT2D eigenvalue weighted by molar-refractivity contribution is 5.92. The molecule has 0 aromatic heterocycles. The largest absolute Gasteiger partial charge is 0.465 e. The lowest BCUT2D eigenvalue weighted by Gasteiger charge is -2.19. The Morgan fingerprint density at radius 1 is 1.12 bits per heavy atom. The topological polar surface area (TPSA) is 92.9 Å². The molecule has 0 bridgehead atoms. The monoisotopic (exact) mass is 345 g/mol. The molecule has 2 amide bonds. The third kappa shape index (κ3) is 5.72. The molecule has 0 spiro atoms. The van der Waals surface area contributed by atoms with Gasteiger partial charge in [0.2, 0.25) is 11.8 Å². The number of primary amides is 1. The number of methoxy groups -OCH3 is 1. The average Bonchev–Trinajstić information content (AvgIpc) is 2.84. The molecular weight excluding hydrogens is 322 g/mol. The first-order valence-electron chi connectivity index (χ1n) is 8.15. The molecule has 1 aromatic rings. The van der Waals surface area contributed by atoms with Crippen LogP contribution in [0.1, 0.15) is 22.3 Å². The normalized spacial score (nSPS) is 15.8. The number of carbonyl (C=O) groups excluding carboxylic acids is 3. The fourth-order valence-corrected chi connectivity index (χ4v) is 2.69. The molecule has 0 aliphatic carbocycles. The molecule has 2 rings (SSSR count). The summed E-state index contributed by atoms with van der Waals surface area (Å²) >= 11 is 0. The molecule has 1 aliphatic heterocycles. The lowest BCUT2D eigenvalue weighted by Crippen LogP contribution is -2.37. The van der Waals surface area contributed by atoms with Crippen LogP contribution in [0.2, 0.25) is 0 Å². The third-order valence-electron chi connectivity index (χ3n) is 4.03. The Morgan fingerprint density at radius 3 is 2.48 bits per heavy atom. The molecule has 0 unspecified atom stereocenters. The number of hydrogen-bond acceptors (Lipinski definition) is 5. The van der Waals surface area contributed by atoms with E-state index in [-0.39, 0.29) is 18.4 Å². The van der Waals surface area contributed by atoms with Gasteiger partial charge in [0.25, 0.3) is 0 Å². The molecule has 1 saturated heterocycles. The van der Waals surface area contributed by atoms with E-state index in [1.54, 1.807) is 35.2 Å². The Bertz CT molecular complexity index is 655. The van der Waals surface area contributed by atoms with Gasteiger partial charge in [-0.1, -0.05) is 12.1 Å². The maximum Gasteiger partial charge on any atom is 0.337 e. The summed E-state index contributed by atoms with van der Waals surface area (Å²) < 4.78 is 4.65. The predicted octanol–water partition coefficient (Wildman–Crippen LogP) is 0.506. The number of nitrogens with zero attached hydrogens (tertiary/aromatic N) is 2. The van der Waals surface area contributed by atoms with Gasteiger partial charge in [-0.05, 0) is 30.2 Å². The highest BCUT2D eigenvalue weighted by Crippen LogP contribution is 2.09. The van der Waals surface area contributed by atoms with Crippen molar-refractivity contribution < 1.29 is 19.1 Å². The second kappa shape index (κ2) is 8.98. The minimum Gasteiger partial charge on any atom is -0.465 e. The van der Waals surface area contributed by atoms with E-state index in [1.807, 2.05) is 4.90 Å². The Balaban J connectivity index is 1.91. The molecule has 2 N–H and O–H groups in total. The van der Waals surface area contributed by atoms with Crippen LogP contribution in [0.3, 0.4) is 0 Å². The van der Waals surface area contributed by atoms with Gasteiger partial charge >= 0.3 is 5.97 Å². The summed E-state index contributed by atoms with van der Waals surface area (Å²) in [6.07, 6.45) is 4.05. The summed E-state index contributed by atoms with van der Waals surface area (Å²) in [6, 6.07) is 6.83. The number of benzene rings is 1. The molecular formula is C18H23N3O4. The lowest BCUT2D eigenvalue weighted by molar-refractivity contribution is -0.125. The molecule has 134 valence electrons. The summed E-state index contributed by atoms with van der Waals surface area (Å²) in [5.41, 5.74) is 6.51. The Labute approximate surface area is 147 Å². The molecule has 0 saturated carbocycles. The standard InChI is InChI=1S/C18H23N3O4/c1-25-18(24)15-6-3-14(4-7-15)5-8-17(23)21-10-2-9-20(11-12-21)13-16(19)22/h3-8H,2,9-13H2,1H3,(H2,19,22)/b8-5-. The number of ether oxygens (including phenoxy) is 1. The van der Waals surface area contributed by atoms with E-state index in [1.165, 1.54) is 13.2 Å². The van der Waals surface area contributed by atoms with Crippen LogP contribution in [-0.2, 0) is 14.3 Å². The summed E-state index contributed by atoms with van der Waals surface area (Å²) in [4.78, 5) is 38.4. The van der Waals surface area contributed by atoms with Gasteiger partial charge in [-0.2, -0.15) is 0 Å². The van der Waals surface area contributed by atoms with Gasteiger partial charge in [-0.15, -0.1) is 0 Å². The minimum atomic E-state index is -0.392. The van der Waals surface area contributed by atoms with Crippen LogP contribution in [-0.4, -0.2) is 67.4 Å². The van der Waals surface area contributed by atoms with Crippen molar-refractivity contribution in [1.29, 1.82) is 0 Å². The SMILES string of the molecule is COC(=O)c1ccc(/C=C\C(=O)N2CCCN(CC(N)=O)CC2)cc1. The zero-order chi connectivity index (χ0) is 18.2. The average molecular weight is 345 g/mol. The van der Waals surface area contributed by atoms with Crippen LogP contribution in [0.5, 0.6) is 0 Å². The molecule has 1 aliphatic rings. The van der Waals surface area contributed by atoms with Crippen molar-refractivity contribution in [2.75, 3.05) is 39.8 Å². The second-order valence-corrected chi connectivity index (χ2v) is 5.87. The Kier molecular flexibility index (Phi) is 6.71. The van der Waals surface area contributed by atoms with E-state index in [4.69, 9.17) is 5.73 Å². The smallest absolute Gasteiger partial charge is 0.337 e. The van der Waals surface area contributed by atoms with Gasteiger partial charge in [0.15, 0.2) is 0 Å². The van der Waals surface area contributed by atoms with Gasteiger partial charge in [-0.3, -0.25) is 14.5 Å². The van der Waals surface area contributed by atoms with Crippen LogP contribution in [0, 0.1) is 0 Å². The third-order valence-corrected chi connectivity index (χ3v) is 4.03. The van der Waals surface area contributed by atoms with E-state index in [9.17, 15) is 14.4 Å². The van der Waals surface area contributed by atoms with Crippen molar-refractivity contribution >= 4 is 23.9 Å². The molecule has 0 radical (unpaired) electrons. The quantitative estimate of drug-likeness (QED) is 0.620. The molecule has 25 heavy (non-hydrogen) atoms. The first-order chi connectivity index (χ1) is 12.0. The zero-order valence-corrected chi connectivity index (χ0v) is 14.3. The summed E-state index contributed by atoms with van der Waals surface area (Å²) in [5.74, 6) is -0.815. The van der Waals surface area contributed by atoms with Gasteiger partial charge < -0.3 is 15.4 Å². The van der Waals surface area contributed by atoms with Crippen molar-refractivity contribution in [3.05, 3.63) is 41.5 Å². The zero-order valence-electron chi connectivity index (χ0n) is 14.3. The molecule has 1 fully saturated rings. The predicted molar refractivity (Wildman–Crippen MR) is 93.6 cm³/mol. The number of carbonyl (C=O) groups is 3. The molecule has 1 heterocycles. The highest BCUT2D eigenvalue weighted by atomic mass is 16.5. The van der Waals surface area contributed by atoms with Crippen LogP contribution >= 0.6 is 0 Å². The first kappa shape index (κ1) is 18.7. The van der Waals surface area contributed by atoms with Gasteiger partial charge in [-0.25, -0.2) is 4.79 Å². The van der Waals surface area contributed by atoms with Crippen LogP contribution in [0.15, 0.2) is 30.3 Å². The van der Waals surface area contributed by atoms with E-state index >= 15 is 0 Å². The van der Waals surface area contributed by atoms with Crippen molar-refractivity contribution in [3.8, 4) is 0 Å².